The molecule has 0 heterocycles. The van der Waals surface area contributed by atoms with Crippen LogP contribution in [0.4, 0.5) is 13.2 Å². The van der Waals surface area contributed by atoms with E-state index in [1.54, 1.807) is 6.07 Å². The summed E-state index contributed by atoms with van der Waals surface area (Å²) in [5.41, 5.74) is -0.154. The lowest BCUT2D eigenvalue weighted by atomic mass is 10.0. The van der Waals surface area contributed by atoms with E-state index in [9.17, 15) is 13.2 Å². The van der Waals surface area contributed by atoms with E-state index >= 15 is 0 Å². The Kier molecular flexibility index (Phi) is 4.00. The van der Waals surface area contributed by atoms with Crippen LogP contribution in [0.15, 0.2) is 36.4 Å². The van der Waals surface area contributed by atoms with Crippen molar-refractivity contribution in [2.75, 3.05) is 0 Å². The molecule has 0 spiro atoms. The molecule has 0 saturated carbocycles. The second-order valence-electron chi connectivity index (χ2n) is 3.82. The first-order chi connectivity index (χ1) is 8.79. The van der Waals surface area contributed by atoms with Gasteiger partial charge in [-0.1, -0.05) is 40.9 Å². The molecule has 2 aromatic rings. The van der Waals surface area contributed by atoms with Gasteiger partial charge in [0.2, 0.25) is 0 Å². The molecule has 0 radical (unpaired) electrons. The van der Waals surface area contributed by atoms with Gasteiger partial charge in [0.15, 0.2) is 0 Å². The van der Waals surface area contributed by atoms with Crippen LogP contribution in [-0.4, -0.2) is 0 Å². The van der Waals surface area contributed by atoms with Crippen molar-refractivity contribution in [1.82, 2.24) is 0 Å². The van der Waals surface area contributed by atoms with Crippen LogP contribution < -0.4 is 0 Å². The number of hydrogen-bond donors (Lipinski definition) is 0. The average molecular weight is 326 g/mol. The third kappa shape index (κ3) is 3.16. The smallest absolute Gasteiger partial charge is 0.166 e. The zero-order valence-corrected chi connectivity index (χ0v) is 11.5. The van der Waals surface area contributed by atoms with Crippen molar-refractivity contribution < 1.29 is 13.2 Å². The summed E-state index contributed by atoms with van der Waals surface area (Å²) < 4.78 is 38.0. The van der Waals surface area contributed by atoms with Crippen LogP contribution in [-0.2, 0) is 6.18 Å². The van der Waals surface area contributed by atoms with E-state index in [-0.39, 0.29) is 15.6 Å². The molecule has 0 aliphatic heterocycles. The van der Waals surface area contributed by atoms with Gasteiger partial charge in [-0.25, -0.2) is 0 Å². The maximum Gasteiger partial charge on any atom is 0.416 e. The minimum absolute atomic E-state index is 0.192. The van der Waals surface area contributed by atoms with E-state index in [2.05, 4.69) is 0 Å². The van der Waals surface area contributed by atoms with Crippen molar-refractivity contribution >= 4 is 34.8 Å². The molecule has 0 amide bonds. The Balaban J connectivity index is 2.61. The second-order valence-corrected chi connectivity index (χ2v) is 5.07. The number of halogens is 6. The predicted octanol–water partition coefficient (Wildman–Crippen LogP) is 6.33. The Hall–Kier alpha value is -0.900. The van der Waals surface area contributed by atoms with Gasteiger partial charge < -0.3 is 0 Å². The highest BCUT2D eigenvalue weighted by Crippen LogP contribution is 2.38. The fraction of sp³-hybridized carbons (Fsp3) is 0.0769. The van der Waals surface area contributed by atoms with Gasteiger partial charge in [0.05, 0.1) is 5.56 Å². The molecule has 0 fully saturated rings. The fourth-order valence-corrected chi connectivity index (χ4v) is 2.35. The molecule has 0 N–H and O–H groups in total. The third-order valence-electron chi connectivity index (χ3n) is 2.51. The van der Waals surface area contributed by atoms with Crippen molar-refractivity contribution in [2.24, 2.45) is 0 Å². The first kappa shape index (κ1) is 14.5. The molecule has 0 unspecified atom stereocenters. The maximum atomic E-state index is 12.7. The van der Waals surface area contributed by atoms with E-state index in [0.717, 1.165) is 12.1 Å². The summed E-state index contributed by atoms with van der Waals surface area (Å²) in [5, 5.41) is 0.836. The first-order valence-electron chi connectivity index (χ1n) is 5.11. The number of hydrogen-bond acceptors (Lipinski definition) is 0. The summed E-state index contributed by atoms with van der Waals surface area (Å²) in [6.45, 7) is 0. The van der Waals surface area contributed by atoms with Gasteiger partial charge in [-0.15, -0.1) is 0 Å². The van der Waals surface area contributed by atoms with Crippen molar-refractivity contribution in [1.29, 1.82) is 0 Å². The maximum absolute atomic E-state index is 12.7. The fourth-order valence-electron chi connectivity index (χ4n) is 1.62. The predicted molar refractivity (Wildman–Crippen MR) is 71.9 cm³/mol. The first-order valence-corrected chi connectivity index (χ1v) is 6.24. The molecular weight excluding hydrogens is 319 g/mol. The number of alkyl halides is 3. The van der Waals surface area contributed by atoms with Gasteiger partial charge >= 0.3 is 6.18 Å². The monoisotopic (exact) mass is 324 g/mol. The largest absolute Gasteiger partial charge is 0.416 e. The Morgan fingerprint density at radius 1 is 0.737 bits per heavy atom. The molecule has 0 bridgehead atoms. The topological polar surface area (TPSA) is 0 Å². The van der Waals surface area contributed by atoms with Gasteiger partial charge in [-0.3, -0.25) is 0 Å². The molecule has 0 aliphatic rings. The zero-order valence-electron chi connectivity index (χ0n) is 9.23. The molecule has 0 nitrogen and oxygen atoms in total. The highest BCUT2D eigenvalue weighted by molar-refractivity contribution is 6.38. The van der Waals surface area contributed by atoms with Gasteiger partial charge in [0.25, 0.3) is 0 Å². The Morgan fingerprint density at radius 3 is 2.00 bits per heavy atom. The van der Waals surface area contributed by atoms with E-state index in [0.29, 0.717) is 10.6 Å². The molecule has 0 aliphatic carbocycles. The van der Waals surface area contributed by atoms with Crippen molar-refractivity contribution in [3.63, 3.8) is 0 Å². The normalized spacial score (nSPS) is 11.7. The van der Waals surface area contributed by atoms with Crippen LogP contribution in [0, 0.1) is 0 Å². The van der Waals surface area contributed by atoms with Gasteiger partial charge in [-0.05, 0) is 30.3 Å². The summed E-state index contributed by atoms with van der Waals surface area (Å²) in [5.74, 6) is 0. The standard InChI is InChI=1S/C13H6Cl3F3/c14-8-2-3-9(12(16)6-8)10-5-7(13(17,18)19)1-4-11(10)15/h1-6H. The molecule has 19 heavy (non-hydrogen) atoms. The van der Waals surface area contributed by atoms with Gasteiger partial charge in [-0.2, -0.15) is 13.2 Å². The Bertz CT molecular complexity index is 621. The molecule has 100 valence electrons. The van der Waals surface area contributed by atoms with Crippen LogP contribution in [0.5, 0.6) is 0 Å². The van der Waals surface area contributed by atoms with Crippen LogP contribution in [0.2, 0.25) is 15.1 Å². The van der Waals surface area contributed by atoms with Crippen LogP contribution in [0.3, 0.4) is 0 Å². The molecule has 0 aromatic heterocycles. The highest BCUT2D eigenvalue weighted by atomic mass is 35.5. The number of benzene rings is 2. The van der Waals surface area contributed by atoms with E-state index in [1.165, 1.54) is 18.2 Å². The summed E-state index contributed by atoms with van der Waals surface area (Å²) in [6.07, 6.45) is -4.43. The zero-order chi connectivity index (χ0) is 14.2. The lowest BCUT2D eigenvalue weighted by Gasteiger charge is -2.12. The van der Waals surface area contributed by atoms with Crippen LogP contribution >= 0.6 is 34.8 Å². The van der Waals surface area contributed by atoms with Gasteiger partial charge in [0.1, 0.15) is 0 Å². The summed E-state index contributed by atoms with van der Waals surface area (Å²) in [4.78, 5) is 0. The Labute approximate surface area is 122 Å². The second kappa shape index (κ2) is 5.23. The SMILES string of the molecule is FC(F)(F)c1ccc(Cl)c(-c2ccc(Cl)cc2Cl)c1. The Morgan fingerprint density at radius 2 is 1.42 bits per heavy atom. The lowest BCUT2D eigenvalue weighted by Crippen LogP contribution is -2.04. The molecule has 2 rings (SSSR count). The van der Waals surface area contributed by atoms with E-state index in [4.69, 9.17) is 34.8 Å². The minimum Gasteiger partial charge on any atom is -0.166 e. The number of rotatable bonds is 1. The molecule has 0 saturated heterocycles. The lowest BCUT2D eigenvalue weighted by molar-refractivity contribution is -0.137. The minimum atomic E-state index is -4.43. The summed E-state index contributed by atoms with van der Waals surface area (Å²) in [7, 11) is 0. The van der Waals surface area contributed by atoms with Crippen molar-refractivity contribution in [3.8, 4) is 11.1 Å². The summed E-state index contributed by atoms with van der Waals surface area (Å²) >= 11 is 17.7. The average Bonchev–Trinajstić information content (AvgIpc) is 2.29. The van der Waals surface area contributed by atoms with Gasteiger partial charge in [0, 0.05) is 26.2 Å². The molecular formula is C13H6Cl3F3. The van der Waals surface area contributed by atoms with Crippen molar-refractivity contribution in [2.45, 2.75) is 6.18 Å². The van der Waals surface area contributed by atoms with Crippen LogP contribution in [0.25, 0.3) is 11.1 Å². The summed E-state index contributed by atoms with van der Waals surface area (Å²) in [6, 6.07) is 7.62. The van der Waals surface area contributed by atoms with Crippen LogP contribution in [0.1, 0.15) is 5.56 Å². The third-order valence-corrected chi connectivity index (χ3v) is 3.39. The quantitative estimate of drug-likeness (QED) is 0.574. The molecule has 0 atom stereocenters. The van der Waals surface area contributed by atoms with E-state index < -0.39 is 11.7 Å². The highest BCUT2D eigenvalue weighted by Gasteiger charge is 2.31. The molecule has 2 aromatic carbocycles. The molecule has 6 heteroatoms. The van der Waals surface area contributed by atoms with Crippen molar-refractivity contribution in [3.05, 3.63) is 57.0 Å². The van der Waals surface area contributed by atoms with E-state index in [1.807, 2.05) is 0 Å².